The minimum absolute atomic E-state index is 0.241. The van der Waals surface area contributed by atoms with E-state index in [0.29, 0.717) is 17.7 Å². The first kappa shape index (κ1) is 18.9. The average molecular weight is 371 g/mol. The highest BCUT2D eigenvalue weighted by Gasteiger charge is 2.30. The summed E-state index contributed by atoms with van der Waals surface area (Å²) >= 11 is 0. The number of aliphatic carboxylic acids is 1. The first-order chi connectivity index (χ1) is 13.0. The largest absolute Gasteiger partial charge is 0.550 e. The number of allylic oxidation sites excluding steroid dienone is 2. The molecule has 0 aromatic heterocycles. The molecular formula is C20H23N2O5-. The third kappa shape index (κ3) is 4.87. The maximum Gasteiger partial charge on any atom is 0.269 e. The number of amides is 2. The first-order valence-electron chi connectivity index (χ1n) is 9.27. The number of ether oxygens (including phenoxy) is 1. The molecule has 0 saturated heterocycles. The molecule has 0 radical (unpaired) electrons. The number of carbonyl (C=O) groups is 3. The topological polar surface area (TPSA) is 108 Å². The van der Waals surface area contributed by atoms with E-state index in [1.165, 1.54) is 12.8 Å². The Morgan fingerprint density at radius 3 is 2.19 bits per heavy atom. The second kappa shape index (κ2) is 8.70. The molecule has 1 aromatic rings. The van der Waals surface area contributed by atoms with Gasteiger partial charge in [0, 0.05) is 17.5 Å². The van der Waals surface area contributed by atoms with Gasteiger partial charge in [0.1, 0.15) is 5.75 Å². The molecule has 7 heteroatoms. The van der Waals surface area contributed by atoms with Gasteiger partial charge in [-0.25, -0.2) is 0 Å². The standard InChI is InChI=1S/C20H24N2O5/c23-18(13-9-11-15(12-10-13)27-14-5-1-2-6-14)21-22-19(24)16-7-3-4-8-17(16)20(25)26/h3-4,9-12,14,16-17H,1-2,5-8H2,(H,21,23)(H,22,24)(H,25,26)/p-1/t16-,17+/m0/s1. The van der Waals surface area contributed by atoms with E-state index in [1.54, 1.807) is 36.4 Å². The molecule has 1 aromatic carbocycles. The van der Waals surface area contributed by atoms with Gasteiger partial charge in [0.2, 0.25) is 5.91 Å². The van der Waals surface area contributed by atoms with Crippen molar-refractivity contribution < 1.29 is 24.2 Å². The van der Waals surface area contributed by atoms with Crippen LogP contribution in [0.1, 0.15) is 48.9 Å². The van der Waals surface area contributed by atoms with Crippen molar-refractivity contribution in [3.63, 3.8) is 0 Å². The minimum Gasteiger partial charge on any atom is -0.550 e. The molecule has 2 aliphatic carbocycles. The normalized spacial score (nSPS) is 22.2. The molecule has 27 heavy (non-hydrogen) atoms. The lowest BCUT2D eigenvalue weighted by atomic mass is 9.82. The number of hydrogen-bond acceptors (Lipinski definition) is 5. The highest BCUT2D eigenvalue weighted by atomic mass is 16.5. The van der Waals surface area contributed by atoms with Crippen molar-refractivity contribution >= 4 is 17.8 Å². The number of nitrogens with one attached hydrogen (secondary N) is 2. The van der Waals surface area contributed by atoms with Crippen LogP contribution < -0.4 is 20.7 Å². The Balaban J connectivity index is 1.51. The SMILES string of the molecule is O=C(NNC(=O)[C@H]1CC=CC[C@H]1C(=O)[O-])c1ccc(OC2CCCC2)cc1. The lowest BCUT2D eigenvalue weighted by Gasteiger charge is -2.28. The number of carbonyl (C=O) groups excluding carboxylic acids is 3. The molecule has 0 unspecified atom stereocenters. The van der Waals surface area contributed by atoms with Gasteiger partial charge in [-0.05, 0) is 62.8 Å². The van der Waals surface area contributed by atoms with Crippen LogP contribution in [0.4, 0.5) is 0 Å². The smallest absolute Gasteiger partial charge is 0.269 e. The summed E-state index contributed by atoms with van der Waals surface area (Å²) in [6, 6.07) is 6.71. The number of rotatable bonds is 5. The number of hydrogen-bond donors (Lipinski definition) is 2. The van der Waals surface area contributed by atoms with E-state index in [-0.39, 0.29) is 12.5 Å². The zero-order valence-corrected chi connectivity index (χ0v) is 15.0. The molecule has 2 N–H and O–H groups in total. The Hall–Kier alpha value is -2.83. The maximum atomic E-state index is 12.2. The lowest BCUT2D eigenvalue weighted by molar-refractivity contribution is -0.313. The van der Waals surface area contributed by atoms with Gasteiger partial charge >= 0.3 is 0 Å². The van der Waals surface area contributed by atoms with Gasteiger partial charge in [0.25, 0.3) is 5.91 Å². The van der Waals surface area contributed by atoms with Crippen molar-refractivity contribution in [3.05, 3.63) is 42.0 Å². The fraction of sp³-hybridized carbons (Fsp3) is 0.450. The Labute approximate surface area is 157 Å². The van der Waals surface area contributed by atoms with Crippen LogP contribution in [0, 0.1) is 11.8 Å². The summed E-state index contributed by atoms with van der Waals surface area (Å²) < 4.78 is 5.85. The summed E-state index contributed by atoms with van der Waals surface area (Å²) in [7, 11) is 0. The van der Waals surface area contributed by atoms with Crippen LogP contribution in [0.15, 0.2) is 36.4 Å². The molecule has 0 spiro atoms. The minimum atomic E-state index is -1.26. The van der Waals surface area contributed by atoms with Crippen molar-refractivity contribution in [1.29, 1.82) is 0 Å². The second-order valence-electron chi connectivity index (χ2n) is 6.97. The van der Waals surface area contributed by atoms with Gasteiger partial charge in [-0.1, -0.05) is 12.2 Å². The van der Waals surface area contributed by atoms with Crippen molar-refractivity contribution in [3.8, 4) is 5.75 Å². The average Bonchev–Trinajstić information content (AvgIpc) is 3.19. The predicted molar refractivity (Wildman–Crippen MR) is 95.3 cm³/mol. The van der Waals surface area contributed by atoms with Crippen molar-refractivity contribution in [2.75, 3.05) is 0 Å². The molecule has 0 bridgehead atoms. The van der Waals surface area contributed by atoms with Crippen LogP contribution in [-0.4, -0.2) is 23.9 Å². The molecule has 0 aliphatic heterocycles. The first-order valence-corrected chi connectivity index (χ1v) is 9.27. The van der Waals surface area contributed by atoms with E-state index >= 15 is 0 Å². The number of hydrazine groups is 1. The Bertz CT molecular complexity index is 722. The molecule has 1 saturated carbocycles. The molecule has 7 nitrogen and oxygen atoms in total. The molecule has 1 fully saturated rings. The van der Waals surface area contributed by atoms with E-state index < -0.39 is 29.6 Å². The molecule has 2 aliphatic rings. The molecule has 3 rings (SSSR count). The van der Waals surface area contributed by atoms with Gasteiger partial charge in [0.15, 0.2) is 0 Å². The van der Waals surface area contributed by atoms with Gasteiger partial charge in [-0.15, -0.1) is 0 Å². The molecular weight excluding hydrogens is 348 g/mol. The van der Waals surface area contributed by atoms with Crippen LogP contribution in [-0.2, 0) is 9.59 Å². The van der Waals surface area contributed by atoms with Crippen LogP contribution in [0.5, 0.6) is 5.75 Å². The van der Waals surface area contributed by atoms with Crippen LogP contribution >= 0.6 is 0 Å². The number of carboxylic acid groups (broad SMARTS) is 1. The lowest BCUT2D eigenvalue weighted by Crippen LogP contribution is -2.49. The van der Waals surface area contributed by atoms with Gasteiger partial charge in [-0.3, -0.25) is 20.4 Å². The van der Waals surface area contributed by atoms with Crippen LogP contribution in [0.3, 0.4) is 0 Å². The molecule has 2 atom stereocenters. The number of benzene rings is 1. The Morgan fingerprint density at radius 1 is 0.926 bits per heavy atom. The van der Waals surface area contributed by atoms with Gasteiger partial charge in [-0.2, -0.15) is 0 Å². The quantitative estimate of drug-likeness (QED) is 0.595. The second-order valence-corrected chi connectivity index (χ2v) is 6.97. The highest BCUT2D eigenvalue weighted by Crippen LogP contribution is 2.25. The molecule has 144 valence electrons. The van der Waals surface area contributed by atoms with Gasteiger partial charge in [0.05, 0.1) is 12.0 Å². The van der Waals surface area contributed by atoms with Crippen molar-refractivity contribution in [2.24, 2.45) is 11.8 Å². The van der Waals surface area contributed by atoms with Crippen molar-refractivity contribution in [2.45, 2.75) is 44.6 Å². The van der Waals surface area contributed by atoms with E-state index in [1.807, 2.05) is 0 Å². The van der Waals surface area contributed by atoms with Crippen LogP contribution in [0.2, 0.25) is 0 Å². The number of carboxylic acids is 1. The fourth-order valence-electron chi connectivity index (χ4n) is 3.53. The summed E-state index contributed by atoms with van der Waals surface area (Å²) in [6.07, 6.45) is 8.73. The summed E-state index contributed by atoms with van der Waals surface area (Å²) in [5.41, 5.74) is 5.01. The van der Waals surface area contributed by atoms with E-state index in [0.717, 1.165) is 12.8 Å². The van der Waals surface area contributed by atoms with Crippen molar-refractivity contribution in [1.82, 2.24) is 10.9 Å². The Kier molecular flexibility index (Phi) is 6.11. The Morgan fingerprint density at radius 2 is 1.56 bits per heavy atom. The summed E-state index contributed by atoms with van der Waals surface area (Å²) in [6.45, 7) is 0. The summed E-state index contributed by atoms with van der Waals surface area (Å²) in [5, 5.41) is 11.2. The maximum absolute atomic E-state index is 12.2. The highest BCUT2D eigenvalue weighted by molar-refractivity contribution is 5.96. The third-order valence-electron chi connectivity index (χ3n) is 5.09. The molecule has 0 heterocycles. The summed E-state index contributed by atoms with van der Waals surface area (Å²) in [4.78, 5) is 35.6. The molecule has 2 amide bonds. The van der Waals surface area contributed by atoms with E-state index in [9.17, 15) is 19.5 Å². The predicted octanol–water partition coefficient (Wildman–Crippen LogP) is 1.10. The zero-order valence-electron chi connectivity index (χ0n) is 15.0. The van der Waals surface area contributed by atoms with Gasteiger partial charge < -0.3 is 14.6 Å². The zero-order chi connectivity index (χ0) is 19.2. The van der Waals surface area contributed by atoms with Crippen LogP contribution in [0.25, 0.3) is 0 Å². The summed E-state index contributed by atoms with van der Waals surface area (Å²) in [5.74, 6) is -3.21. The van der Waals surface area contributed by atoms with E-state index in [4.69, 9.17) is 4.74 Å². The third-order valence-corrected chi connectivity index (χ3v) is 5.09. The fourth-order valence-corrected chi connectivity index (χ4v) is 3.53. The monoisotopic (exact) mass is 371 g/mol. The van der Waals surface area contributed by atoms with E-state index in [2.05, 4.69) is 10.9 Å².